The molecule has 0 bridgehead atoms. The number of halogens is 1. The predicted octanol–water partition coefficient (Wildman–Crippen LogP) is 3.71. The van der Waals surface area contributed by atoms with Gasteiger partial charge in [-0.2, -0.15) is 0 Å². The molecule has 0 radical (unpaired) electrons. The molecule has 0 aliphatic heterocycles. The standard InChI is InChI=1S/C21H24FNO5/c1-21(2,3)28-20(26)23-17(12-15-9-10-18(24)16(22)11-15)19(25)27-13-14-7-5-4-6-8-14/h4-11,17,24H,12-13H2,1-3H3,(H,23,26)/t17-/m0/s1. The number of hydrogen-bond acceptors (Lipinski definition) is 5. The molecule has 0 fully saturated rings. The summed E-state index contributed by atoms with van der Waals surface area (Å²) >= 11 is 0. The van der Waals surface area contributed by atoms with Gasteiger partial charge in [0, 0.05) is 6.42 Å². The molecule has 1 amide bonds. The van der Waals surface area contributed by atoms with Crippen molar-refractivity contribution in [2.24, 2.45) is 0 Å². The third-order valence-electron chi connectivity index (χ3n) is 3.65. The Balaban J connectivity index is 2.10. The summed E-state index contributed by atoms with van der Waals surface area (Å²) in [4.78, 5) is 24.6. The van der Waals surface area contributed by atoms with E-state index >= 15 is 0 Å². The maximum absolute atomic E-state index is 13.6. The molecule has 0 spiro atoms. The Morgan fingerprint density at radius 2 is 1.79 bits per heavy atom. The van der Waals surface area contributed by atoms with Gasteiger partial charge in [-0.05, 0) is 44.0 Å². The quantitative estimate of drug-likeness (QED) is 0.736. The topological polar surface area (TPSA) is 84.9 Å². The molecule has 1 atom stereocenters. The van der Waals surface area contributed by atoms with Crippen molar-refractivity contribution in [3.63, 3.8) is 0 Å². The molecular weight excluding hydrogens is 365 g/mol. The van der Waals surface area contributed by atoms with Crippen LogP contribution in [0.1, 0.15) is 31.9 Å². The van der Waals surface area contributed by atoms with E-state index in [0.717, 1.165) is 11.6 Å². The lowest BCUT2D eigenvalue weighted by atomic mass is 10.1. The number of phenolic OH excluding ortho intramolecular Hbond substituents is 1. The highest BCUT2D eigenvalue weighted by atomic mass is 19.1. The van der Waals surface area contributed by atoms with E-state index in [1.165, 1.54) is 12.1 Å². The molecule has 0 aliphatic carbocycles. The molecule has 0 aliphatic rings. The Labute approximate surface area is 163 Å². The van der Waals surface area contributed by atoms with Gasteiger partial charge in [0.05, 0.1) is 0 Å². The number of rotatable bonds is 6. The van der Waals surface area contributed by atoms with Gasteiger partial charge in [0.15, 0.2) is 11.6 Å². The van der Waals surface area contributed by atoms with Crippen LogP contribution in [0.25, 0.3) is 0 Å². The number of aromatic hydroxyl groups is 1. The highest BCUT2D eigenvalue weighted by Gasteiger charge is 2.26. The summed E-state index contributed by atoms with van der Waals surface area (Å²) < 4.78 is 24.1. The van der Waals surface area contributed by atoms with Crippen LogP contribution >= 0.6 is 0 Å². The molecule has 2 aromatic rings. The summed E-state index contributed by atoms with van der Waals surface area (Å²) in [6.07, 6.45) is -0.808. The maximum atomic E-state index is 13.6. The van der Waals surface area contributed by atoms with Crippen molar-refractivity contribution in [1.29, 1.82) is 0 Å². The zero-order chi connectivity index (χ0) is 20.7. The predicted molar refractivity (Wildman–Crippen MR) is 101 cm³/mol. The number of amides is 1. The summed E-state index contributed by atoms with van der Waals surface area (Å²) in [6.45, 7) is 5.14. The van der Waals surface area contributed by atoms with Gasteiger partial charge in [0.1, 0.15) is 18.2 Å². The molecular formula is C21H24FNO5. The summed E-state index contributed by atoms with van der Waals surface area (Å²) in [5.74, 6) is -1.98. The van der Waals surface area contributed by atoms with Gasteiger partial charge in [0.25, 0.3) is 0 Å². The van der Waals surface area contributed by atoms with E-state index in [1.54, 1.807) is 32.9 Å². The van der Waals surface area contributed by atoms with Crippen LogP contribution in [-0.2, 0) is 27.3 Å². The number of alkyl carbamates (subject to hydrolysis) is 1. The highest BCUT2D eigenvalue weighted by molar-refractivity contribution is 5.81. The summed E-state index contributed by atoms with van der Waals surface area (Å²) in [5, 5.41) is 11.8. The number of benzene rings is 2. The van der Waals surface area contributed by atoms with Crippen molar-refractivity contribution in [2.45, 2.75) is 45.4 Å². The molecule has 28 heavy (non-hydrogen) atoms. The van der Waals surface area contributed by atoms with E-state index in [2.05, 4.69) is 5.32 Å². The lowest BCUT2D eigenvalue weighted by Gasteiger charge is -2.23. The van der Waals surface area contributed by atoms with Gasteiger partial charge in [-0.15, -0.1) is 0 Å². The second-order valence-electron chi connectivity index (χ2n) is 7.28. The van der Waals surface area contributed by atoms with Crippen LogP contribution in [0.4, 0.5) is 9.18 Å². The molecule has 2 rings (SSSR count). The summed E-state index contributed by atoms with van der Waals surface area (Å²) in [7, 11) is 0. The average Bonchev–Trinajstić information content (AvgIpc) is 2.61. The minimum absolute atomic E-state index is 0.0237. The summed E-state index contributed by atoms with van der Waals surface area (Å²) in [5.41, 5.74) is 0.461. The number of esters is 1. The van der Waals surface area contributed by atoms with Crippen molar-refractivity contribution in [1.82, 2.24) is 5.32 Å². The second-order valence-corrected chi connectivity index (χ2v) is 7.28. The minimum atomic E-state index is -1.08. The van der Waals surface area contributed by atoms with Gasteiger partial charge < -0.3 is 19.9 Å². The van der Waals surface area contributed by atoms with Crippen molar-refractivity contribution in [3.05, 3.63) is 65.5 Å². The zero-order valence-corrected chi connectivity index (χ0v) is 16.1. The van der Waals surface area contributed by atoms with Gasteiger partial charge in [-0.25, -0.2) is 14.0 Å². The zero-order valence-electron chi connectivity index (χ0n) is 16.1. The van der Waals surface area contributed by atoms with Crippen LogP contribution in [0.5, 0.6) is 5.75 Å². The maximum Gasteiger partial charge on any atom is 0.408 e. The van der Waals surface area contributed by atoms with Gasteiger partial charge in [0.2, 0.25) is 0 Å². The first kappa shape index (κ1) is 21.2. The lowest BCUT2D eigenvalue weighted by Crippen LogP contribution is -2.45. The third kappa shape index (κ3) is 6.90. The monoisotopic (exact) mass is 389 g/mol. The molecule has 2 aromatic carbocycles. The highest BCUT2D eigenvalue weighted by Crippen LogP contribution is 2.18. The van der Waals surface area contributed by atoms with Crippen LogP contribution in [0.15, 0.2) is 48.5 Å². The van der Waals surface area contributed by atoms with Crippen molar-refractivity contribution >= 4 is 12.1 Å². The van der Waals surface area contributed by atoms with Crippen molar-refractivity contribution < 1.29 is 28.6 Å². The van der Waals surface area contributed by atoms with Gasteiger partial charge in [-0.3, -0.25) is 0 Å². The lowest BCUT2D eigenvalue weighted by molar-refractivity contribution is -0.147. The Kier molecular flexibility index (Phi) is 6.98. The van der Waals surface area contributed by atoms with E-state index in [0.29, 0.717) is 5.56 Å². The van der Waals surface area contributed by atoms with E-state index in [-0.39, 0.29) is 13.0 Å². The van der Waals surface area contributed by atoms with E-state index in [9.17, 15) is 19.1 Å². The molecule has 0 saturated carbocycles. The Morgan fingerprint density at radius 3 is 2.39 bits per heavy atom. The van der Waals surface area contributed by atoms with Crippen molar-refractivity contribution in [2.75, 3.05) is 0 Å². The molecule has 0 saturated heterocycles. The van der Waals surface area contributed by atoms with Crippen LogP contribution in [0, 0.1) is 5.82 Å². The fourth-order valence-corrected chi connectivity index (χ4v) is 2.39. The van der Waals surface area contributed by atoms with Crippen LogP contribution < -0.4 is 5.32 Å². The number of carbonyl (C=O) groups is 2. The van der Waals surface area contributed by atoms with Crippen LogP contribution in [-0.4, -0.2) is 28.8 Å². The number of phenols is 1. The fourth-order valence-electron chi connectivity index (χ4n) is 2.39. The fraction of sp³-hybridized carbons (Fsp3) is 0.333. The Hall–Kier alpha value is -3.09. The largest absolute Gasteiger partial charge is 0.505 e. The molecule has 6 nitrogen and oxygen atoms in total. The first-order valence-corrected chi connectivity index (χ1v) is 8.81. The Bertz CT molecular complexity index is 817. The Morgan fingerprint density at radius 1 is 1.11 bits per heavy atom. The second kappa shape index (κ2) is 9.21. The van der Waals surface area contributed by atoms with Crippen LogP contribution in [0.3, 0.4) is 0 Å². The smallest absolute Gasteiger partial charge is 0.408 e. The van der Waals surface area contributed by atoms with Gasteiger partial charge >= 0.3 is 12.1 Å². The van der Waals surface area contributed by atoms with E-state index in [1.807, 2.05) is 18.2 Å². The minimum Gasteiger partial charge on any atom is -0.505 e. The first-order chi connectivity index (χ1) is 13.1. The third-order valence-corrected chi connectivity index (χ3v) is 3.65. The number of nitrogens with one attached hydrogen (secondary N) is 1. The SMILES string of the molecule is CC(C)(C)OC(=O)N[C@@H](Cc1ccc(O)c(F)c1)C(=O)OCc1ccccc1. The molecule has 0 aromatic heterocycles. The number of hydrogen-bond donors (Lipinski definition) is 2. The molecule has 0 unspecified atom stereocenters. The number of ether oxygens (including phenoxy) is 2. The first-order valence-electron chi connectivity index (χ1n) is 8.81. The molecule has 150 valence electrons. The van der Waals surface area contributed by atoms with E-state index in [4.69, 9.17) is 9.47 Å². The normalized spacial score (nSPS) is 12.1. The molecule has 0 heterocycles. The van der Waals surface area contributed by atoms with Crippen molar-refractivity contribution in [3.8, 4) is 5.75 Å². The van der Waals surface area contributed by atoms with Crippen LogP contribution in [0.2, 0.25) is 0 Å². The van der Waals surface area contributed by atoms with Gasteiger partial charge in [-0.1, -0.05) is 36.4 Å². The summed E-state index contributed by atoms with van der Waals surface area (Å²) in [6, 6.07) is 11.8. The average molecular weight is 389 g/mol. The number of carbonyl (C=O) groups excluding carboxylic acids is 2. The van der Waals surface area contributed by atoms with E-state index < -0.39 is 35.3 Å². The molecule has 2 N–H and O–H groups in total. The molecule has 7 heteroatoms.